The Morgan fingerprint density at radius 2 is 2.20 bits per heavy atom. The van der Waals surface area contributed by atoms with Gasteiger partial charge in [-0.3, -0.25) is 0 Å². The van der Waals surface area contributed by atoms with Crippen LogP contribution in [0.3, 0.4) is 0 Å². The third-order valence-electron chi connectivity index (χ3n) is 2.72. The van der Waals surface area contributed by atoms with Crippen molar-refractivity contribution in [2.45, 2.75) is 46.3 Å². The minimum atomic E-state index is 0.352. The number of aryl methyl sites for hydroxylation is 1. The Hall–Kier alpha value is -1.09. The van der Waals surface area contributed by atoms with Crippen LogP contribution in [0.1, 0.15) is 25.2 Å². The first-order chi connectivity index (χ1) is 7.04. The summed E-state index contributed by atoms with van der Waals surface area (Å²) >= 11 is 0. The Kier molecular flexibility index (Phi) is 4.09. The third kappa shape index (κ3) is 3.20. The fraction of sp³-hybridized carbons (Fsp3) is 0.583. The Morgan fingerprint density at radius 3 is 2.67 bits per heavy atom. The van der Waals surface area contributed by atoms with Crippen LogP contribution in [0, 0.1) is 13.8 Å². The van der Waals surface area contributed by atoms with Crippen molar-refractivity contribution in [1.29, 1.82) is 0 Å². The highest BCUT2D eigenvalue weighted by Crippen LogP contribution is 2.05. The van der Waals surface area contributed by atoms with Crippen LogP contribution in [0.15, 0.2) is 19.0 Å². The number of hydrogen-bond donors (Lipinski definition) is 1. The van der Waals surface area contributed by atoms with Crippen LogP contribution in [0.4, 0.5) is 0 Å². The molecule has 0 aliphatic rings. The first kappa shape index (κ1) is 12.0. The fourth-order valence-corrected chi connectivity index (χ4v) is 1.59. The maximum atomic E-state index is 4.28. The van der Waals surface area contributed by atoms with E-state index in [9.17, 15) is 0 Å². The van der Waals surface area contributed by atoms with E-state index in [2.05, 4.69) is 42.2 Å². The van der Waals surface area contributed by atoms with E-state index in [4.69, 9.17) is 0 Å². The predicted molar refractivity (Wildman–Crippen MR) is 64.0 cm³/mol. The molecule has 3 nitrogen and oxygen atoms in total. The smallest absolute Gasteiger partial charge is 0.0951 e. The fourth-order valence-electron chi connectivity index (χ4n) is 1.59. The van der Waals surface area contributed by atoms with E-state index in [1.807, 2.05) is 19.3 Å². The summed E-state index contributed by atoms with van der Waals surface area (Å²) in [4.78, 5) is 4.28. The molecule has 1 aromatic heterocycles. The second-order valence-electron chi connectivity index (χ2n) is 4.16. The Labute approximate surface area is 92.2 Å². The summed E-state index contributed by atoms with van der Waals surface area (Å²) in [5.41, 5.74) is 2.36. The third-order valence-corrected chi connectivity index (χ3v) is 2.72. The molecule has 0 bridgehead atoms. The molecule has 0 radical (unpaired) electrons. The number of rotatable bonds is 5. The summed E-state index contributed by atoms with van der Waals surface area (Å²) in [6.07, 6.45) is 3.82. The maximum Gasteiger partial charge on any atom is 0.0951 e. The van der Waals surface area contributed by atoms with Gasteiger partial charge in [0, 0.05) is 24.3 Å². The number of imidazole rings is 1. The lowest BCUT2D eigenvalue weighted by Gasteiger charge is -2.18. The largest absolute Gasteiger partial charge is 0.333 e. The Bertz CT molecular complexity index is 328. The van der Waals surface area contributed by atoms with E-state index in [1.54, 1.807) is 0 Å². The van der Waals surface area contributed by atoms with Crippen LogP contribution >= 0.6 is 0 Å². The summed E-state index contributed by atoms with van der Waals surface area (Å²) in [6.45, 7) is 13.1. The highest BCUT2D eigenvalue weighted by Gasteiger charge is 2.08. The Balaban J connectivity index is 2.54. The molecule has 0 amide bonds. The van der Waals surface area contributed by atoms with Crippen molar-refractivity contribution >= 4 is 0 Å². The van der Waals surface area contributed by atoms with Gasteiger partial charge in [-0.05, 0) is 27.7 Å². The lowest BCUT2D eigenvalue weighted by atomic mass is 10.2. The van der Waals surface area contributed by atoms with Gasteiger partial charge >= 0.3 is 0 Å². The van der Waals surface area contributed by atoms with Gasteiger partial charge in [0.2, 0.25) is 0 Å². The second kappa shape index (κ2) is 5.12. The molecule has 0 fully saturated rings. The summed E-state index contributed by atoms with van der Waals surface area (Å²) in [6, 6.07) is 0.773. The molecule has 84 valence electrons. The molecule has 0 saturated carbocycles. The number of nitrogens with one attached hydrogen (secondary N) is 1. The van der Waals surface area contributed by atoms with Gasteiger partial charge < -0.3 is 9.88 Å². The lowest BCUT2D eigenvalue weighted by Crippen LogP contribution is -2.36. The summed E-state index contributed by atoms with van der Waals surface area (Å²) in [5.74, 6) is 0. The number of aromatic nitrogens is 2. The first-order valence-corrected chi connectivity index (χ1v) is 5.41. The molecule has 1 heterocycles. The van der Waals surface area contributed by atoms with Crippen LogP contribution < -0.4 is 5.32 Å². The zero-order valence-electron chi connectivity index (χ0n) is 10.1. The molecule has 15 heavy (non-hydrogen) atoms. The zero-order chi connectivity index (χ0) is 11.4. The molecular weight excluding hydrogens is 186 g/mol. The topological polar surface area (TPSA) is 29.9 Å². The minimum absolute atomic E-state index is 0.352. The summed E-state index contributed by atoms with van der Waals surface area (Å²) in [7, 11) is 0. The van der Waals surface area contributed by atoms with Gasteiger partial charge in [0.15, 0.2) is 0 Å². The van der Waals surface area contributed by atoms with Crippen LogP contribution in [0.5, 0.6) is 0 Å². The van der Waals surface area contributed by atoms with Crippen LogP contribution in [-0.4, -0.2) is 21.6 Å². The molecule has 2 unspecified atom stereocenters. The van der Waals surface area contributed by atoms with Crippen molar-refractivity contribution < 1.29 is 0 Å². The summed E-state index contributed by atoms with van der Waals surface area (Å²) in [5, 5.41) is 3.45. The van der Waals surface area contributed by atoms with Gasteiger partial charge in [0.05, 0.1) is 12.0 Å². The van der Waals surface area contributed by atoms with E-state index in [-0.39, 0.29) is 0 Å². The minimum Gasteiger partial charge on any atom is -0.333 e. The van der Waals surface area contributed by atoms with Crippen molar-refractivity contribution in [1.82, 2.24) is 14.9 Å². The molecule has 1 aromatic rings. The standard InChI is InChI=1S/C12H21N3/c1-6-9(2)14-10(3)7-15-8-13-11(4)12(15)5/h6,8-10,14H,1,7H2,2-5H3. The van der Waals surface area contributed by atoms with Crippen LogP contribution in [-0.2, 0) is 6.54 Å². The molecule has 1 N–H and O–H groups in total. The average molecular weight is 207 g/mol. The van der Waals surface area contributed by atoms with Gasteiger partial charge in [-0.15, -0.1) is 6.58 Å². The molecule has 2 atom stereocenters. The van der Waals surface area contributed by atoms with Gasteiger partial charge in [0.25, 0.3) is 0 Å². The van der Waals surface area contributed by atoms with E-state index >= 15 is 0 Å². The molecule has 0 aliphatic heterocycles. The zero-order valence-corrected chi connectivity index (χ0v) is 10.1. The van der Waals surface area contributed by atoms with Crippen molar-refractivity contribution in [2.24, 2.45) is 0 Å². The highest BCUT2D eigenvalue weighted by atomic mass is 15.1. The van der Waals surface area contributed by atoms with Gasteiger partial charge in [-0.1, -0.05) is 6.08 Å². The Morgan fingerprint density at radius 1 is 1.53 bits per heavy atom. The SMILES string of the molecule is C=CC(C)NC(C)Cn1cnc(C)c1C. The first-order valence-electron chi connectivity index (χ1n) is 5.41. The predicted octanol–water partition coefficient (Wildman–Crippen LogP) is 2.05. The lowest BCUT2D eigenvalue weighted by molar-refractivity contribution is 0.452. The number of hydrogen-bond acceptors (Lipinski definition) is 2. The monoisotopic (exact) mass is 207 g/mol. The molecule has 0 aliphatic carbocycles. The average Bonchev–Trinajstić information content (AvgIpc) is 2.49. The van der Waals surface area contributed by atoms with Crippen LogP contribution in [0.25, 0.3) is 0 Å². The molecule has 0 aromatic carbocycles. The molecule has 1 rings (SSSR count). The van der Waals surface area contributed by atoms with Crippen molar-refractivity contribution in [3.05, 3.63) is 30.4 Å². The van der Waals surface area contributed by atoms with Gasteiger partial charge in [0.1, 0.15) is 0 Å². The summed E-state index contributed by atoms with van der Waals surface area (Å²) < 4.78 is 2.18. The molecule has 3 heteroatoms. The van der Waals surface area contributed by atoms with Gasteiger partial charge in [-0.25, -0.2) is 4.98 Å². The van der Waals surface area contributed by atoms with Crippen LogP contribution in [0.2, 0.25) is 0 Å². The van der Waals surface area contributed by atoms with Crippen molar-refractivity contribution in [2.75, 3.05) is 0 Å². The highest BCUT2D eigenvalue weighted by molar-refractivity contribution is 5.08. The maximum absolute atomic E-state index is 4.28. The van der Waals surface area contributed by atoms with Crippen molar-refractivity contribution in [3.8, 4) is 0 Å². The van der Waals surface area contributed by atoms with Crippen molar-refractivity contribution in [3.63, 3.8) is 0 Å². The molecule has 0 spiro atoms. The van der Waals surface area contributed by atoms with E-state index in [0.717, 1.165) is 12.2 Å². The molecular formula is C12H21N3. The normalized spacial score (nSPS) is 14.9. The second-order valence-corrected chi connectivity index (χ2v) is 4.16. The molecule has 0 saturated heterocycles. The quantitative estimate of drug-likeness (QED) is 0.749. The van der Waals surface area contributed by atoms with E-state index in [1.165, 1.54) is 5.69 Å². The number of nitrogens with zero attached hydrogens (tertiary/aromatic N) is 2. The van der Waals surface area contributed by atoms with E-state index < -0.39 is 0 Å². The van der Waals surface area contributed by atoms with E-state index in [0.29, 0.717) is 12.1 Å². The van der Waals surface area contributed by atoms with Gasteiger partial charge in [-0.2, -0.15) is 0 Å².